The lowest BCUT2D eigenvalue weighted by molar-refractivity contribution is 0.475. The molecule has 0 saturated carbocycles. The Morgan fingerprint density at radius 1 is 1.73 bits per heavy atom. The first-order valence-electron chi connectivity index (χ1n) is 3.86. The molecule has 0 aliphatic rings. The van der Waals surface area contributed by atoms with E-state index in [0.717, 1.165) is 12.1 Å². The number of hydrogen-bond donors (Lipinski definition) is 0. The van der Waals surface area contributed by atoms with Gasteiger partial charge in [0, 0.05) is 12.2 Å². The fourth-order valence-corrected chi connectivity index (χ4v) is 1.27. The number of halogens is 1. The molecule has 1 heterocycles. The predicted molar refractivity (Wildman–Crippen MR) is 54.7 cm³/mol. The van der Waals surface area contributed by atoms with Crippen molar-refractivity contribution in [2.75, 3.05) is 0 Å². The van der Waals surface area contributed by atoms with Gasteiger partial charge in [-0.05, 0) is 42.9 Å². The second-order valence-electron chi connectivity index (χ2n) is 2.80. The first kappa shape index (κ1) is 9.03. The van der Waals surface area contributed by atoms with E-state index in [1.54, 1.807) is 0 Å². The Morgan fingerprint density at radius 3 is 2.73 bits per heavy atom. The molecule has 3 heteroatoms. The molecule has 0 bridgehead atoms. The molecule has 0 amide bonds. The number of nitrogens with zero attached hydrogens (tertiary/aromatic N) is 2. The number of aryl methyl sites for hydroxylation is 1. The zero-order valence-corrected chi connectivity index (χ0v) is 9.29. The van der Waals surface area contributed by atoms with Crippen molar-refractivity contribution >= 4 is 22.6 Å². The zero-order valence-electron chi connectivity index (χ0n) is 7.13. The van der Waals surface area contributed by atoms with Gasteiger partial charge in [0.15, 0.2) is 0 Å². The smallest absolute Gasteiger partial charge is 0.0727 e. The highest BCUT2D eigenvalue weighted by Gasteiger charge is 2.05. The van der Waals surface area contributed by atoms with Crippen molar-refractivity contribution in [1.29, 1.82) is 0 Å². The molecular weight excluding hydrogens is 251 g/mol. The van der Waals surface area contributed by atoms with E-state index < -0.39 is 0 Å². The highest BCUT2D eigenvalue weighted by atomic mass is 127. The van der Waals surface area contributed by atoms with Crippen molar-refractivity contribution in [3.05, 3.63) is 15.5 Å². The number of rotatable bonds is 2. The second kappa shape index (κ2) is 3.56. The topological polar surface area (TPSA) is 17.8 Å². The third kappa shape index (κ3) is 1.95. The monoisotopic (exact) mass is 264 g/mol. The molecule has 0 fully saturated rings. The Bertz CT molecular complexity index is 223. The summed E-state index contributed by atoms with van der Waals surface area (Å²) in [4.78, 5) is 0. The molecule has 0 aliphatic carbocycles. The third-order valence-electron chi connectivity index (χ3n) is 1.90. The lowest BCUT2D eigenvalue weighted by Crippen LogP contribution is -2.03. The van der Waals surface area contributed by atoms with Crippen LogP contribution in [0.2, 0.25) is 0 Å². The summed E-state index contributed by atoms with van der Waals surface area (Å²) in [6, 6.07) is 0.525. The highest BCUT2D eigenvalue weighted by molar-refractivity contribution is 14.1. The van der Waals surface area contributed by atoms with Crippen molar-refractivity contribution < 1.29 is 0 Å². The van der Waals surface area contributed by atoms with Gasteiger partial charge in [-0.25, -0.2) is 0 Å². The summed E-state index contributed by atoms with van der Waals surface area (Å²) in [5.74, 6) is 0. The Balaban J connectivity index is 2.88. The van der Waals surface area contributed by atoms with Crippen molar-refractivity contribution in [2.45, 2.75) is 33.2 Å². The molecule has 0 saturated heterocycles. The predicted octanol–water partition coefficient (Wildman–Crippen LogP) is 2.77. The van der Waals surface area contributed by atoms with Crippen LogP contribution in [-0.2, 0) is 0 Å². The van der Waals surface area contributed by atoms with E-state index >= 15 is 0 Å². The van der Waals surface area contributed by atoms with E-state index in [1.807, 2.05) is 11.6 Å². The molecule has 0 aromatic carbocycles. The summed E-state index contributed by atoms with van der Waals surface area (Å²) in [5, 5.41) is 4.39. The first-order valence-corrected chi connectivity index (χ1v) is 4.94. The van der Waals surface area contributed by atoms with Crippen LogP contribution in [0.15, 0.2) is 6.20 Å². The summed E-state index contributed by atoms with van der Waals surface area (Å²) in [6.07, 6.45) is 3.24. The molecular formula is C8H13IN2. The van der Waals surface area contributed by atoms with E-state index in [-0.39, 0.29) is 0 Å². The molecule has 0 spiro atoms. The van der Waals surface area contributed by atoms with Crippen LogP contribution in [0, 0.1) is 10.5 Å². The van der Waals surface area contributed by atoms with E-state index in [2.05, 4.69) is 47.7 Å². The van der Waals surface area contributed by atoms with Crippen LogP contribution in [0.5, 0.6) is 0 Å². The SMILES string of the molecule is CC[C@@H](C)n1cc(I)c(C)n1. The summed E-state index contributed by atoms with van der Waals surface area (Å²) >= 11 is 2.31. The van der Waals surface area contributed by atoms with Crippen molar-refractivity contribution in [3.63, 3.8) is 0 Å². The molecule has 0 unspecified atom stereocenters. The Morgan fingerprint density at radius 2 is 2.36 bits per heavy atom. The van der Waals surface area contributed by atoms with Gasteiger partial charge in [0.25, 0.3) is 0 Å². The lowest BCUT2D eigenvalue weighted by atomic mass is 10.3. The molecule has 1 aromatic heterocycles. The summed E-state index contributed by atoms with van der Waals surface area (Å²) in [7, 11) is 0. The van der Waals surface area contributed by atoms with E-state index in [4.69, 9.17) is 0 Å². The Hall–Kier alpha value is -0.0600. The lowest BCUT2D eigenvalue weighted by Gasteiger charge is -2.07. The van der Waals surface area contributed by atoms with Crippen LogP contribution >= 0.6 is 22.6 Å². The number of aromatic nitrogens is 2. The van der Waals surface area contributed by atoms with Gasteiger partial charge in [0.2, 0.25) is 0 Å². The van der Waals surface area contributed by atoms with Crippen LogP contribution in [0.3, 0.4) is 0 Å². The van der Waals surface area contributed by atoms with Crippen molar-refractivity contribution in [2.24, 2.45) is 0 Å². The van der Waals surface area contributed by atoms with Gasteiger partial charge in [0.05, 0.1) is 9.26 Å². The molecule has 1 atom stereocenters. The fourth-order valence-electron chi connectivity index (χ4n) is 0.872. The van der Waals surface area contributed by atoms with Crippen LogP contribution in [0.1, 0.15) is 32.0 Å². The van der Waals surface area contributed by atoms with Gasteiger partial charge < -0.3 is 0 Å². The largest absolute Gasteiger partial charge is 0.269 e. The minimum absolute atomic E-state index is 0.525. The standard InChI is InChI=1S/C8H13IN2/c1-4-6(2)11-5-8(9)7(3)10-11/h5-6H,4H2,1-3H3/t6-/m1/s1. The van der Waals surface area contributed by atoms with Crippen molar-refractivity contribution in [3.8, 4) is 0 Å². The average molecular weight is 264 g/mol. The summed E-state index contributed by atoms with van der Waals surface area (Å²) in [5.41, 5.74) is 1.13. The summed E-state index contributed by atoms with van der Waals surface area (Å²) in [6.45, 7) is 6.40. The van der Waals surface area contributed by atoms with Gasteiger partial charge in [-0.15, -0.1) is 0 Å². The molecule has 0 N–H and O–H groups in total. The first-order chi connectivity index (χ1) is 5.15. The molecule has 1 aromatic rings. The maximum absolute atomic E-state index is 4.39. The van der Waals surface area contributed by atoms with Crippen LogP contribution in [0.25, 0.3) is 0 Å². The molecule has 0 aliphatic heterocycles. The van der Waals surface area contributed by atoms with Gasteiger partial charge in [-0.2, -0.15) is 5.10 Å². The minimum atomic E-state index is 0.525. The van der Waals surface area contributed by atoms with Gasteiger partial charge in [-0.1, -0.05) is 6.92 Å². The quantitative estimate of drug-likeness (QED) is 0.751. The van der Waals surface area contributed by atoms with Gasteiger partial charge in [-0.3, -0.25) is 4.68 Å². The van der Waals surface area contributed by atoms with Crippen LogP contribution in [-0.4, -0.2) is 9.78 Å². The molecule has 2 nitrogen and oxygen atoms in total. The number of hydrogen-bond acceptors (Lipinski definition) is 1. The maximum atomic E-state index is 4.39. The molecule has 0 radical (unpaired) electrons. The van der Waals surface area contributed by atoms with Gasteiger partial charge >= 0.3 is 0 Å². The Labute approximate surface area is 81.1 Å². The average Bonchev–Trinajstić information content (AvgIpc) is 2.31. The normalized spacial score (nSPS) is 13.5. The maximum Gasteiger partial charge on any atom is 0.0727 e. The van der Waals surface area contributed by atoms with E-state index in [9.17, 15) is 0 Å². The zero-order chi connectivity index (χ0) is 8.43. The van der Waals surface area contributed by atoms with E-state index in [1.165, 1.54) is 3.57 Å². The third-order valence-corrected chi connectivity index (χ3v) is 2.96. The van der Waals surface area contributed by atoms with Crippen LogP contribution in [0.4, 0.5) is 0 Å². The highest BCUT2D eigenvalue weighted by Crippen LogP contribution is 2.14. The molecule has 62 valence electrons. The second-order valence-corrected chi connectivity index (χ2v) is 3.96. The summed E-state index contributed by atoms with van der Waals surface area (Å²) < 4.78 is 3.29. The molecule has 11 heavy (non-hydrogen) atoms. The van der Waals surface area contributed by atoms with E-state index in [0.29, 0.717) is 6.04 Å². The minimum Gasteiger partial charge on any atom is -0.269 e. The Kier molecular flexibility index (Phi) is 2.92. The van der Waals surface area contributed by atoms with Crippen molar-refractivity contribution in [1.82, 2.24) is 9.78 Å². The van der Waals surface area contributed by atoms with Gasteiger partial charge in [0.1, 0.15) is 0 Å². The van der Waals surface area contributed by atoms with Crippen LogP contribution < -0.4 is 0 Å². The fraction of sp³-hybridized carbons (Fsp3) is 0.625. The molecule has 1 rings (SSSR count).